The van der Waals surface area contributed by atoms with Crippen LogP contribution in [0.4, 0.5) is 0 Å². The van der Waals surface area contributed by atoms with E-state index in [4.69, 9.17) is 0 Å². The number of aliphatic carboxylic acids is 1. The third-order valence-electron chi connectivity index (χ3n) is 4.03. The fourth-order valence-electron chi connectivity index (χ4n) is 2.75. The lowest BCUT2D eigenvalue weighted by Gasteiger charge is -2.27. The molecule has 1 aliphatic rings. The molecular weight excluding hydrogens is 260 g/mol. The van der Waals surface area contributed by atoms with Gasteiger partial charge in [0, 0.05) is 13.5 Å². The van der Waals surface area contributed by atoms with Gasteiger partial charge in [-0.2, -0.15) is 0 Å². The van der Waals surface area contributed by atoms with Gasteiger partial charge in [-0.3, -0.25) is 14.4 Å². The third kappa shape index (κ3) is 4.21. The number of amides is 2. The summed E-state index contributed by atoms with van der Waals surface area (Å²) in [4.78, 5) is 35.0. The maximum absolute atomic E-state index is 12.0. The average molecular weight is 284 g/mol. The van der Waals surface area contributed by atoms with E-state index in [1.165, 1.54) is 7.05 Å². The van der Waals surface area contributed by atoms with Gasteiger partial charge >= 0.3 is 5.97 Å². The molecule has 1 rings (SSSR count). The quantitative estimate of drug-likeness (QED) is 0.658. The second-order valence-electron chi connectivity index (χ2n) is 5.58. The number of carbonyl (C=O) groups excluding carboxylic acids is 2. The van der Waals surface area contributed by atoms with E-state index in [2.05, 4.69) is 10.6 Å². The fraction of sp³-hybridized carbons (Fsp3) is 0.786. The predicted octanol–water partition coefficient (Wildman–Crippen LogP) is 1.05. The van der Waals surface area contributed by atoms with Gasteiger partial charge < -0.3 is 15.7 Å². The van der Waals surface area contributed by atoms with E-state index in [-0.39, 0.29) is 18.2 Å². The highest BCUT2D eigenvalue weighted by Crippen LogP contribution is 2.38. The molecular formula is C14H24N2O4. The van der Waals surface area contributed by atoms with Gasteiger partial charge in [-0.05, 0) is 19.8 Å². The van der Waals surface area contributed by atoms with Crippen molar-refractivity contribution in [2.75, 3.05) is 7.05 Å². The van der Waals surface area contributed by atoms with Crippen molar-refractivity contribution in [3.63, 3.8) is 0 Å². The molecule has 6 nitrogen and oxygen atoms in total. The van der Waals surface area contributed by atoms with Gasteiger partial charge in [-0.1, -0.05) is 25.7 Å². The number of carboxylic acid groups (broad SMARTS) is 1. The van der Waals surface area contributed by atoms with Crippen LogP contribution in [-0.2, 0) is 14.4 Å². The minimum atomic E-state index is -0.969. The molecule has 0 aliphatic heterocycles. The van der Waals surface area contributed by atoms with Gasteiger partial charge in [0.1, 0.15) is 6.04 Å². The minimum absolute atomic E-state index is 0.0519. The summed E-state index contributed by atoms with van der Waals surface area (Å²) in [5.41, 5.74) is -0.969. The molecule has 1 aliphatic carbocycles. The molecule has 1 saturated carbocycles. The standard InChI is InChI=1S/C14H24N2O4/c1-10(12(18)15-2)16-11(17)9-14(13(19)20)7-5-3-4-6-8-14/h10H,3-9H2,1-2H3,(H,15,18)(H,16,17)(H,19,20). The van der Waals surface area contributed by atoms with Crippen LogP contribution in [0.5, 0.6) is 0 Å². The molecule has 3 N–H and O–H groups in total. The zero-order chi connectivity index (χ0) is 15.2. The first-order valence-corrected chi connectivity index (χ1v) is 7.15. The maximum atomic E-state index is 12.0. The van der Waals surface area contributed by atoms with Crippen molar-refractivity contribution in [1.82, 2.24) is 10.6 Å². The molecule has 0 saturated heterocycles. The van der Waals surface area contributed by atoms with Crippen LogP contribution in [0.25, 0.3) is 0 Å². The van der Waals surface area contributed by atoms with Crippen molar-refractivity contribution in [2.24, 2.45) is 5.41 Å². The lowest BCUT2D eigenvalue weighted by atomic mass is 9.77. The number of hydrogen-bond acceptors (Lipinski definition) is 3. The molecule has 0 bridgehead atoms. The third-order valence-corrected chi connectivity index (χ3v) is 4.03. The highest BCUT2D eigenvalue weighted by molar-refractivity contribution is 5.89. The summed E-state index contributed by atoms with van der Waals surface area (Å²) in [5.74, 6) is -1.56. The first-order chi connectivity index (χ1) is 9.41. The molecule has 114 valence electrons. The van der Waals surface area contributed by atoms with Crippen LogP contribution in [0.1, 0.15) is 51.9 Å². The molecule has 20 heavy (non-hydrogen) atoms. The number of nitrogens with one attached hydrogen (secondary N) is 2. The Morgan fingerprint density at radius 1 is 1.15 bits per heavy atom. The van der Waals surface area contributed by atoms with Gasteiger partial charge in [0.25, 0.3) is 0 Å². The number of hydrogen-bond donors (Lipinski definition) is 3. The van der Waals surface area contributed by atoms with Crippen LogP contribution in [0.2, 0.25) is 0 Å². The molecule has 0 radical (unpaired) electrons. The van der Waals surface area contributed by atoms with E-state index >= 15 is 0 Å². The van der Waals surface area contributed by atoms with Crippen molar-refractivity contribution < 1.29 is 19.5 Å². The lowest BCUT2D eigenvalue weighted by molar-refractivity contribution is -0.153. The summed E-state index contributed by atoms with van der Waals surface area (Å²) >= 11 is 0. The van der Waals surface area contributed by atoms with E-state index < -0.39 is 17.4 Å². The highest BCUT2D eigenvalue weighted by Gasteiger charge is 2.40. The van der Waals surface area contributed by atoms with Crippen LogP contribution in [0.15, 0.2) is 0 Å². The molecule has 0 aromatic heterocycles. The van der Waals surface area contributed by atoms with Crippen LogP contribution in [0.3, 0.4) is 0 Å². The second-order valence-corrected chi connectivity index (χ2v) is 5.58. The van der Waals surface area contributed by atoms with Gasteiger partial charge in [0.15, 0.2) is 0 Å². The zero-order valence-electron chi connectivity index (χ0n) is 12.2. The SMILES string of the molecule is CNC(=O)C(C)NC(=O)CC1(C(=O)O)CCCCCC1. The monoisotopic (exact) mass is 284 g/mol. The number of likely N-dealkylation sites (N-methyl/N-ethyl adjacent to an activating group) is 1. The van der Waals surface area contributed by atoms with E-state index in [9.17, 15) is 19.5 Å². The van der Waals surface area contributed by atoms with E-state index in [0.29, 0.717) is 12.8 Å². The smallest absolute Gasteiger partial charge is 0.310 e. The van der Waals surface area contributed by atoms with Gasteiger partial charge in [-0.15, -0.1) is 0 Å². The van der Waals surface area contributed by atoms with Crippen LogP contribution >= 0.6 is 0 Å². The average Bonchev–Trinajstić information content (AvgIpc) is 2.64. The molecule has 1 fully saturated rings. The predicted molar refractivity (Wildman–Crippen MR) is 74.1 cm³/mol. The Kier molecular flexibility index (Phi) is 5.98. The summed E-state index contributed by atoms with van der Waals surface area (Å²) in [6, 6.07) is -0.649. The first kappa shape index (κ1) is 16.5. The summed E-state index contributed by atoms with van der Waals surface area (Å²) in [6.45, 7) is 1.58. The van der Waals surface area contributed by atoms with Gasteiger partial charge in [0.2, 0.25) is 11.8 Å². The number of rotatable bonds is 5. The Balaban J connectivity index is 2.68. The molecule has 0 heterocycles. The summed E-state index contributed by atoms with van der Waals surface area (Å²) in [6.07, 6.45) is 4.73. The zero-order valence-corrected chi connectivity index (χ0v) is 12.2. The van der Waals surface area contributed by atoms with Gasteiger partial charge in [0.05, 0.1) is 5.41 Å². The maximum Gasteiger partial charge on any atom is 0.310 e. The Hall–Kier alpha value is -1.59. The van der Waals surface area contributed by atoms with Gasteiger partial charge in [-0.25, -0.2) is 0 Å². The Morgan fingerprint density at radius 2 is 1.70 bits per heavy atom. The van der Waals surface area contributed by atoms with Crippen molar-refractivity contribution in [1.29, 1.82) is 0 Å². The van der Waals surface area contributed by atoms with E-state index in [1.54, 1.807) is 6.92 Å². The Bertz CT molecular complexity index is 373. The molecule has 1 unspecified atom stereocenters. The normalized spacial score (nSPS) is 19.5. The number of carboxylic acids is 1. The molecule has 0 aromatic carbocycles. The molecule has 2 amide bonds. The van der Waals surface area contributed by atoms with Crippen LogP contribution < -0.4 is 10.6 Å². The minimum Gasteiger partial charge on any atom is -0.481 e. The van der Waals surface area contributed by atoms with E-state index in [0.717, 1.165) is 25.7 Å². The second kappa shape index (κ2) is 7.26. The fourth-order valence-corrected chi connectivity index (χ4v) is 2.75. The van der Waals surface area contributed by atoms with Crippen molar-refractivity contribution in [2.45, 2.75) is 57.9 Å². The molecule has 6 heteroatoms. The number of carbonyl (C=O) groups is 3. The van der Waals surface area contributed by atoms with Crippen molar-refractivity contribution >= 4 is 17.8 Å². The lowest BCUT2D eigenvalue weighted by Crippen LogP contribution is -2.46. The Labute approximate surface area is 119 Å². The van der Waals surface area contributed by atoms with Crippen molar-refractivity contribution in [3.8, 4) is 0 Å². The molecule has 1 atom stereocenters. The van der Waals surface area contributed by atoms with Crippen LogP contribution in [0, 0.1) is 5.41 Å². The first-order valence-electron chi connectivity index (χ1n) is 7.15. The Morgan fingerprint density at radius 3 is 2.15 bits per heavy atom. The van der Waals surface area contributed by atoms with Crippen LogP contribution in [-0.4, -0.2) is 36.0 Å². The van der Waals surface area contributed by atoms with E-state index in [1.807, 2.05) is 0 Å². The summed E-state index contributed by atoms with van der Waals surface area (Å²) < 4.78 is 0. The highest BCUT2D eigenvalue weighted by atomic mass is 16.4. The van der Waals surface area contributed by atoms with Crippen molar-refractivity contribution in [3.05, 3.63) is 0 Å². The molecule has 0 spiro atoms. The summed E-state index contributed by atoms with van der Waals surface area (Å²) in [7, 11) is 1.50. The molecule has 0 aromatic rings. The largest absolute Gasteiger partial charge is 0.481 e. The topological polar surface area (TPSA) is 95.5 Å². The summed E-state index contributed by atoms with van der Waals surface area (Å²) in [5, 5.41) is 14.5.